The zero-order valence-electron chi connectivity index (χ0n) is 7.88. The highest BCUT2D eigenvalue weighted by Gasteiger charge is 2.27. The lowest BCUT2D eigenvalue weighted by Gasteiger charge is -2.03. The summed E-state index contributed by atoms with van der Waals surface area (Å²) >= 11 is 0. The molecule has 0 radical (unpaired) electrons. The molecule has 0 spiro atoms. The average molecular weight is 269 g/mol. The normalized spacial score (nSPS) is 11.8. The monoisotopic (exact) mass is 269 g/mol. The van der Waals surface area contributed by atoms with E-state index < -0.39 is 43.2 Å². The molecule has 0 unspecified atom stereocenters. The molecule has 94 valence electrons. The first-order valence-corrected chi connectivity index (χ1v) is 5.41. The first-order valence-electron chi connectivity index (χ1n) is 3.87. The number of aromatic amines is 1. The lowest BCUT2D eigenvalue weighted by molar-refractivity contribution is -0.391. The Morgan fingerprint density at radius 1 is 1.47 bits per heavy atom. The molecule has 3 N–H and O–H groups in total. The highest BCUT2D eigenvalue weighted by Crippen LogP contribution is 2.26. The van der Waals surface area contributed by atoms with E-state index in [1.54, 1.807) is 0 Å². The Hall–Kier alpha value is -1.88. The maximum Gasteiger partial charge on any atom is 0.352 e. The number of sulfonamides is 1. The zero-order chi connectivity index (χ0) is 13.4. The van der Waals surface area contributed by atoms with Crippen LogP contribution in [-0.4, -0.2) is 18.3 Å². The van der Waals surface area contributed by atoms with Gasteiger partial charge in [-0.1, -0.05) is 0 Å². The smallest absolute Gasteiger partial charge is 0.352 e. The van der Waals surface area contributed by atoms with Crippen LogP contribution in [0.5, 0.6) is 0 Å². The molecule has 0 fully saturated rings. The summed E-state index contributed by atoms with van der Waals surface area (Å²) in [7, 11) is -4.53. The summed E-state index contributed by atoms with van der Waals surface area (Å²) in [5, 5.41) is 15.0. The van der Waals surface area contributed by atoms with Crippen molar-refractivity contribution in [2.45, 2.75) is 11.3 Å². The van der Waals surface area contributed by atoms with Gasteiger partial charge in [0.25, 0.3) is 6.43 Å². The molecule has 1 rings (SSSR count). The van der Waals surface area contributed by atoms with Crippen molar-refractivity contribution >= 4 is 15.8 Å². The highest BCUT2D eigenvalue weighted by molar-refractivity contribution is 7.89. The van der Waals surface area contributed by atoms with E-state index in [0.29, 0.717) is 0 Å². The quantitative estimate of drug-likeness (QED) is 0.581. The van der Waals surface area contributed by atoms with Gasteiger partial charge in [-0.3, -0.25) is 0 Å². The Morgan fingerprint density at radius 2 is 2.00 bits per heavy atom. The molecule has 0 aromatic carbocycles. The van der Waals surface area contributed by atoms with Gasteiger partial charge >= 0.3 is 11.4 Å². The number of alkyl halides is 2. The molecule has 0 aliphatic rings. The van der Waals surface area contributed by atoms with Crippen molar-refractivity contribution < 1.29 is 22.1 Å². The van der Waals surface area contributed by atoms with Crippen LogP contribution in [0.15, 0.2) is 15.8 Å². The summed E-state index contributed by atoms with van der Waals surface area (Å²) in [5.74, 6) is -1.27. The Kier molecular flexibility index (Phi) is 3.24. The minimum Gasteiger partial charge on any atom is -0.358 e. The molecule has 0 atom stereocenters. The fourth-order valence-corrected chi connectivity index (χ4v) is 1.65. The highest BCUT2D eigenvalue weighted by atomic mass is 32.2. The molecule has 0 bridgehead atoms. The molecule has 1 aromatic heterocycles. The Balaban J connectivity index is 3.69. The summed E-state index contributed by atoms with van der Waals surface area (Å²) in [6.07, 6.45) is -3.33. The summed E-state index contributed by atoms with van der Waals surface area (Å²) in [4.78, 5) is 20.5. The third-order valence-corrected chi connectivity index (χ3v) is 2.66. The second-order valence-electron chi connectivity index (χ2n) is 2.87. The van der Waals surface area contributed by atoms with Crippen molar-refractivity contribution in [2.75, 3.05) is 0 Å². The first-order chi connectivity index (χ1) is 7.64. The van der Waals surface area contributed by atoms with Crippen LogP contribution in [0.25, 0.3) is 0 Å². The largest absolute Gasteiger partial charge is 0.358 e. The van der Waals surface area contributed by atoms with Gasteiger partial charge in [-0.2, -0.15) is 0 Å². The number of rotatable bonds is 3. The van der Waals surface area contributed by atoms with Gasteiger partial charge in [-0.05, 0) is 11.0 Å². The molecule has 0 amide bonds. The molecule has 0 saturated heterocycles. The number of halogens is 2. The third-order valence-electron chi connectivity index (χ3n) is 1.74. The van der Waals surface area contributed by atoms with E-state index in [0.717, 1.165) is 0 Å². The maximum atomic E-state index is 12.4. The number of nitrogens with zero attached hydrogens (tertiary/aromatic N) is 1. The van der Waals surface area contributed by atoms with Crippen LogP contribution in [0.3, 0.4) is 0 Å². The van der Waals surface area contributed by atoms with Crippen LogP contribution in [0, 0.1) is 10.1 Å². The van der Waals surface area contributed by atoms with E-state index in [-0.39, 0.29) is 6.07 Å². The van der Waals surface area contributed by atoms with Crippen LogP contribution < -0.4 is 10.7 Å². The number of hydrogen-bond donors (Lipinski definition) is 2. The van der Waals surface area contributed by atoms with Gasteiger partial charge < -0.3 is 10.1 Å². The molecular formula is C6H5F2N3O5S. The summed E-state index contributed by atoms with van der Waals surface area (Å²) in [6.45, 7) is 0. The zero-order valence-corrected chi connectivity index (χ0v) is 8.70. The molecule has 1 heterocycles. The number of aromatic nitrogens is 1. The summed E-state index contributed by atoms with van der Waals surface area (Å²) in [5.41, 5.74) is -2.65. The van der Waals surface area contributed by atoms with Crippen LogP contribution in [0.2, 0.25) is 0 Å². The van der Waals surface area contributed by atoms with Crippen molar-refractivity contribution in [2.24, 2.45) is 5.14 Å². The standard InChI is InChI=1S/C6H5F2N3O5S/c7-4(8)2-1-3(17(9,15)16)6(12)10-5(2)11(13)14/h1,4H,(H,10,12)(H2,9,15,16). The second-order valence-corrected chi connectivity index (χ2v) is 4.40. The first kappa shape index (κ1) is 13.2. The van der Waals surface area contributed by atoms with Gasteiger partial charge in [-0.15, -0.1) is 0 Å². The molecule has 0 aliphatic carbocycles. The van der Waals surface area contributed by atoms with Crippen LogP contribution in [-0.2, 0) is 10.0 Å². The summed E-state index contributed by atoms with van der Waals surface area (Å²) < 4.78 is 46.6. The van der Waals surface area contributed by atoms with Gasteiger partial charge in [0.15, 0.2) is 4.90 Å². The number of nitrogens with two attached hydrogens (primary N) is 1. The van der Waals surface area contributed by atoms with E-state index in [4.69, 9.17) is 0 Å². The van der Waals surface area contributed by atoms with Gasteiger partial charge in [-0.25, -0.2) is 32.1 Å². The van der Waals surface area contributed by atoms with Gasteiger partial charge in [0.2, 0.25) is 10.0 Å². The van der Waals surface area contributed by atoms with Gasteiger partial charge in [0.1, 0.15) is 5.56 Å². The van der Waals surface area contributed by atoms with Crippen molar-refractivity contribution in [1.29, 1.82) is 0 Å². The number of H-pyrrole nitrogens is 1. The lowest BCUT2D eigenvalue weighted by Crippen LogP contribution is -2.24. The molecule has 11 heteroatoms. The van der Waals surface area contributed by atoms with E-state index in [2.05, 4.69) is 5.14 Å². The van der Waals surface area contributed by atoms with E-state index >= 15 is 0 Å². The summed E-state index contributed by atoms with van der Waals surface area (Å²) in [6, 6.07) is 0.191. The maximum absolute atomic E-state index is 12.4. The van der Waals surface area contributed by atoms with E-state index in [1.165, 1.54) is 4.98 Å². The van der Waals surface area contributed by atoms with E-state index in [9.17, 15) is 32.1 Å². The predicted molar refractivity (Wildman–Crippen MR) is 50.0 cm³/mol. The topological polar surface area (TPSA) is 136 Å². The predicted octanol–water partition coefficient (Wildman–Crippen LogP) is -0.132. The molecule has 17 heavy (non-hydrogen) atoms. The van der Waals surface area contributed by atoms with Gasteiger partial charge in [0, 0.05) is 0 Å². The van der Waals surface area contributed by atoms with Crippen LogP contribution >= 0.6 is 0 Å². The van der Waals surface area contributed by atoms with Crippen molar-refractivity contribution in [3.63, 3.8) is 0 Å². The molecule has 0 saturated carbocycles. The van der Waals surface area contributed by atoms with Crippen molar-refractivity contribution in [3.8, 4) is 0 Å². The minimum absolute atomic E-state index is 0.191. The molecule has 1 aromatic rings. The Bertz CT molecular complexity index is 623. The van der Waals surface area contributed by atoms with E-state index in [1.807, 2.05) is 0 Å². The Labute approximate surface area is 92.3 Å². The number of pyridine rings is 1. The number of primary sulfonamides is 1. The second kappa shape index (κ2) is 4.18. The fraction of sp³-hybridized carbons (Fsp3) is 0.167. The number of nitro groups is 1. The third kappa shape index (κ3) is 2.62. The molecular weight excluding hydrogens is 264 g/mol. The van der Waals surface area contributed by atoms with Gasteiger partial charge in [0.05, 0.1) is 0 Å². The van der Waals surface area contributed by atoms with Crippen molar-refractivity contribution in [3.05, 3.63) is 32.1 Å². The van der Waals surface area contributed by atoms with Crippen molar-refractivity contribution in [1.82, 2.24) is 4.98 Å². The molecule has 0 aliphatic heterocycles. The van der Waals surface area contributed by atoms with Crippen LogP contribution in [0.1, 0.15) is 12.0 Å². The Morgan fingerprint density at radius 3 is 2.35 bits per heavy atom. The SMILES string of the molecule is NS(=O)(=O)c1cc(C(F)F)c([N+](=O)[O-])[nH]c1=O. The minimum atomic E-state index is -4.53. The number of hydrogen-bond acceptors (Lipinski definition) is 5. The molecule has 8 nitrogen and oxygen atoms in total. The van der Waals surface area contributed by atoms with Crippen LogP contribution in [0.4, 0.5) is 14.6 Å². The fourth-order valence-electron chi connectivity index (χ4n) is 1.05. The lowest BCUT2D eigenvalue weighted by atomic mass is 10.2. The average Bonchev–Trinajstić information content (AvgIpc) is 2.14. The number of nitrogens with one attached hydrogen (secondary N) is 1.